The first-order valence-electron chi connectivity index (χ1n) is 10.3. The van der Waals surface area contributed by atoms with Crippen molar-refractivity contribution in [3.8, 4) is 6.07 Å². The van der Waals surface area contributed by atoms with Gasteiger partial charge in [0.1, 0.15) is 17.3 Å². The van der Waals surface area contributed by atoms with Crippen molar-refractivity contribution in [2.75, 3.05) is 0 Å². The molecule has 0 N–H and O–H groups in total. The number of hydrogen-bond acceptors (Lipinski definition) is 4. The van der Waals surface area contributed by atoms with Gasteiger partial charge in [-0.2, -0.15) is 10.4 Å². The Morgan fingerprint density at radius 2 is 1.67 bits per heavy atom. The predicted molar refractivity (Wildman–Crippen MR) is 120 cm³/mol. The number of benzene rings is 1. The Balaban J connectivity index is 2.77. The number of carbonyl (C=O) groups excluding carboxylic acids is 1. The number of nitrogens with zero attached hydrogens (tertiary/aromatic N) is 3. The van der Waals surface area contributed by atoms with Gasteiger partial charge >= 0.3 is 5.97 Å². The lowest BCUT2D eigenvalue weighted by Gasteiger charge is -2.21. The van der Waals surface area contributed by atoms with E-state index in [9.17, 15) is 10.1 Å². The van der Waals surface area contributed by atoms with Crippen molar-refractivity contribution in [2.24, 2.45) is 5.41 Å². The van der Waals surface area contributed by atoms with Gasteiger partial charge in [0.15, 0.2) is 5.76 Å². The largest absolute Gasteiger partial charge is 0.422 e. The molecule has 0 bridgehead atoms. The van der Waals surface area contributed by atoms with E-state index in [1.54, 1.807) is 25.5 Å². The predicted octanol–water partition coefficient (Wildman–Crippen LogP) is 5.80. The minimum atomic E-state index is -0.706. The molecule has 0 radical (unpaired) electrons. The highest BCUT2D eigenvalue weighted by Crippen LogP contribution is 2.33. The van der Waals surface area contributed by atoms with E-state index < -0.39 is 11.4 Å². The number of aryl methyl sites for hydroxylation is 2. The minimum absolute atomic E-state index is 0.00507. The van der Waals surface area contributed by atoms with Crippen molar-refractivity contribution in [3.63, 3.8) is 0 Å². The van der Waals surface area contributed by atoms with Gasteiger partial charge in [0.25, 0.3) is 0 Å². The smallest absolute Gasteiger partial charge is 0.316 e. The van der Waals surface area contributed by atoms with Gasteiger partial charge in [-0.3, -0.25) is 9.48 Å². The first kappa shape index (κ1) is 23.4. The van der Waals surface area contributed by atoms with Crippen molar-refractivity contribution >= 4 is 17.3 Å². The van der Waals surface area contributed by atoms with Crippen LogP contribution in [0.1, 0.15) is 76.5 Å². The lowest BCUT2D eigenvalue weighted by molar-refractivity contribution is -0.145. The summed E-state index contributed by atoms with van der Waals surface area (Å²) in [6.07, 6.45) is 0. The van der Waals surface area contributed by atoms with Crippen LogP contribution < -0.4 is 0 Å². The van der Waals surface area contributed by atoms with E-state index in [1.165, 1.54) is 5.56 Å². The Hall–Kier alpha value is -2.87. The summed E-state index contributed by atoms with van der Waals surface area (Å²) in [6.45, 7) is 18.3. The molecule has 0 saturated carbocycles. The number of allylic oxidation sites excluding steroid dienone is 1. The van der Waals surface area contributed by atoms with Gasteiger partial charge in [-0.15, -0.1) is 0 Å². The quantitative estimate of drug-likeness (QED) is 0.365. The van der Waals surface area contributed by atoms with E-state index in [-0.39, 0.29) is 11.2 Å². The third-order valence-electron chi connectivity index (χ3n) is 5.13. The Morgan fingerprint density at radius 1 is 1.10 bits per heavy atom. The van der Waals surface area contributed by atoms with Gasteiger partial charge in [-0.05, 0) is 58.1 Å². The van der Waals surface area contributed by atoms with Crippen LogP contribution in [0.25, 0.3) is 11.3 Å². The monoisotopic (exact) mass is 407 g/mol. The number of hydrogen-bond donors (Lipinski definition) is 0. The van der Waals surface area contributed by atoms with Crippen LogP contribution in [-0.2, 0) is 21.5 Å². The molecule has 0 fully saturated rings. The topological polar surface area (TPSA) is 67.9 Å². The second-order valence-corrected chi connectivity index (χ2v) is 9.66. The normalized spacial score (nSPS) is 12.9. The van der Waals surface area contributed by atoms with Gasteiger partial charge in [-0.1, -0.05) is 45.0 Å². The van der Waals surface area contributed by atoms with Crippen molar-refractivity contribution < 1.29 is 9.53 Å². The Labute approximate surface area is 180 Å². The molecule has 5 nitrogen and oxygen atoms in total. The molecule has 0 aliphatic heterocycles. The van der Waals surface area contributed by atoms with Gasteiger partial charge in [-0.25, -0.2) is 0 Å². The molecule has 0 amide bonds. The lowest BCUT2D eigenvalue weighted by Crippen LogP contribution is -2.23. The molecule has 0 saturated heterocycles. The summed E-state index contributed by atoms with van der Waals surface area (Å²) in [4.78, 5) is 12.8. The second kappa shape index (κ2) is 8.47. The average Bonchev–Trinajstić information content (AvgIpc) is 2.94. The molecule has 1 aromatic heterocycles. The number of rotatable bonds is 4. The minimum Gasteiger partial charge on any atom is -0.422 e. The maximum atomic E-state index is 12.8. The zero-order valence-corrected chi connectivity index (χ0v) is 19.7. The highest BCUT2D eigenvalue weighted by atomic mass is 16.5. The maximum Gasteiger partial charge on any atom is 0.316 e. The van der Waals surface area contributed by atoms with Gasteiger partial charge in [0.2, 0.25) is 0 Å². The molecular weight excluding hydrogens is 374 g/mol. The number of aromatic nitrogens is 2. The third kappa shape index (κ3) is 4.81. The molecule has 1 aromatic carbocycles. The van der Waals surface area contributed by atoms with Crippen molar-refractivity contribution in [1.29, 1.82) is 5.26 Å². The fourth-order valence-electron chi connectivity index (χ4n) is 3.03. The van der Waals surface area contributed by atoms with E-state index in [4.69, 9.17) is 4.74 Å². The summed E-state index contributed by atoms with van der Waals surface area (Å²) in [5.41, 5.74) is 3.91. The summed E-state index contributed by atoms with van der Waals surface area (Å²) in [5, 5.41) is 14.6. The second-order valence-electron chi connectivity index (χ2n) is 9.66. The number of nitriles is 1. The zero-order valence-electron chi connectivity index (χ0n) is 19.7. The molecular formula is C25H33N3O2. The summed E-state index contributed by atoms with van der Waals surface area (Å²) in [5.74, 6) is -0.127. The lowest BCUT2D eigenvalue weighted by atomic mass is 9.86. The van der Waals surface area contributed by atoms with Crippen molar-refractivity contribution in [1.82, 2.24) is 9.78 Å². The SMILES string of the molecule is CCn1nc(C)c(C)c1/C(OC(=O)C(C)(C)C)=C(/C#N)c1ccc(C(C)(C)C)cc1. The summed E-state index contributed by atoms with van der Waals surface area (Å²) in [7, 11) is 0. The maximum absolute atomic E-state index is 12.8. The molecule has 2 aromatic rings. The van der Waals surface area contributed by atoms with Gasteiger partial charge in [0, 0.05) is 12.1 Å². The zero-order chi connectivity index (χ0) is 22.9. The number of carbonyl (C=O) groups is 1. The van der Waals surface area contributed by atoms with E-state index in [0.29, 0.717) is 23.4 Å². The van der Waals surface area contributed by atoms with Crippen molar-refractivity contribution in [3.05, 3.63) is 52.3 Å². The number of ether oxygens (including phenoxy) is 1. The first-order chi connectivity index (χ1) is 13.8. The van der Waals surface area contributed by atoms with Crippen LogP contribution in [0.4, 0.5) is 0 Å². The van der Waals surface area contributed by atoms with Crippen LogP contribution in [0.2, 0.25) is 0 Å². The Kier molecular flexibility index (Phi) is 6.61. The molecule has 1 heterocycles. The Bertz CT molecular complexity index is 1000. The molecule has 0 aliphatic rings. The van der Waals surface area contributed by atoms with E-state index in [2.05, 4.69) is 31.9 Å². The number of esters is 1. The van der Waals surface area contributed by atoms with Crippen LogP contribution in [0.5, 0.6) is 0 Å². The van der Waals surface area contributed by atoms with Gasteiger partial charge in [0.05, 0.1) is 11.1 Å². The van der Waals surface area contributed by atoms with Crippen LogP contribution in [0.3, 0.4) is 0 Å². The molecule has 0 spiro atoms. The summed E-state index contributed by atoms with van der Waals surface area (Å²) < 4.78 is 7.69. The molecule has 30 heavy (non-hydrogen) atoms. The van der Waals surface area contributed by atoms with E-state index >= 15 is 0 Å². The fourth-order valence-corrected chi connectivity index (χ4v) is 3.03. The van der Waals surface area contributed by atoms with E-state index in [1.807, 2.05) is 45.0 Å². The standard InChI is InChI=1S/C25H33N3O2/c1-10-28-21(16(2)17(3)27-28)22(30-23(29)25(7,8)9)20(15-26)18-11-13-19(14-12-18)24(4,5)6/h11-14H,10H2,1-9H3/b22-20+. The van der Waals surface area contributed by atoms with Crippen LogP contribution in [0, 0.1) is 30.6 Å². The molecule has 0 aliphatic carbocycles. The van der Waals surface area contributed by atoms with Gasteiger partial charge < -0.3 is 4.74 Å². The molecule has 0 unspecified atom stereocenters. The molecule has 160 valence electrons. The van der Waals surface area contributed by atoms with Crippen molar-refractivity contribution in [2.45, 2.75) is 74.3 Å². The third-order valence-corrected chi connectivity index (χ3v) is 5.13. The fraction of sp³-hybridized carbons (Fsp3) is 0.480. The van der Waals surface area contributed by atoms with Crippen LogP contribution in [0.15, 0.2) is 24.3 Å². The average molecular weight is 408 g/mol. The molecule has 0 atom stereocenters. The molecule has 5 heteroatoms. The van der Waals surface area contributed by atoms with Crippen LogP contribution >= 0.6 is 0 Å². The van der Waals surface area contributed by atoms with Crippen LogP contribution in [-0.4, -0.2) is 15.7 Å². The van der Waals surface area contributed by atoms with E-state index in [0.717, 1.165) is 11.3 Å². The first-order valence-corrected chi connectivity index (χ1v) is 10.3. The summed E-state index contributed by atoms with van der Waals surface area (Å²) >= 11 is 0. The molecule has 2 rings (SSSR count). The summed E-state index contributed by atoms with van der Waals surface area (Å²) in [6, 6.07) is 10.2. The highest BCUT2D eigenvalue weighted by Gasteiger charge is 2.29. The highest BCUT2D eigenvalue weighted by molar-refractivity contribution is 5.98. The Morgan fingerprint density at radius 3 is 2.10 bits per heavy atom.